The molecule has 2 heterocycles. The monoisotopic (exact) mass is 461 g/mol. The van der Waals surface area contributed by atoms with Gasteiger partial charge < -0.3 is 5.32 Å². The summed E-state index contributed by atoms with van der Waals surface area (Å²) in [5, 5.41) is 4.33. The number of amides is 1. The van der Waals surface area contributed by atoms with E-state index < -0.39 is 0 Å². The summed E-state index contributed by atoms with van der Waals surface area (Å²) in [7, 11) is 0. The number of hydrogen-bond acceptors (Lipinski definition) is 3. The van der Waals surface area contributed by atoms with Crippen LogP contribution in [0.1, 0.15) is 40.5 Å². The minimum atomic E-state index is -0.268. The molecule has 1 N–H and O–H groups in total. The molecular weight excluding hydrogens is 437 g/mol. The molecule has 1 amide bonds. The highest BCUT2D eigenvalue weighted by molar-refractivity contribution is 6.31. The Balaban J connectivity index is 1.50. The van der Waals surface area contributed by atoms with Gasteiger partial charge in [0.25, 0.3) is 5.91 Å². The number of hydrogen-bond donors (Lipinski definition) is 1. The van der Waals surface area contributed by atoms with Crippen LogP contribution in [0.4, 0.5) is 4.39 Å². The molecule has 168 valence electrons. The zero-order chi connectivity index (χ0) is 23.4. The Bertz CT molecular complexity index is 1310. The minimum Gasteiger partial charge on any atom is -0.352 e. The predicted molar refractivity (Wildman–Crippen MR) is 131 cm³/mol. The molecule has 0 aliphatic carbocycles. The summed E-state index contributed by atoms with van der Waals surface area (Å²) in [6.45, 7) is 4.65. The molecule has 4 rings (SSSR count). The lowest BCUT2D eigenvalue weighted by Crippen LogP contribution is -2.26. The molecule has 0 saturated carbocycles. The zero-order valence-electron chi connectivity index (χ0n) is 18.7. The molecule has 4 nitrogen and oxygen atoms in total. The molecule has 0 unspecified atom stereocenters. The average Bonchev–Trinajstić information content (AvgIpc) is 2.81. The number of carbonyl (C=O) groups excluding carboxylic acids is 1. The smallest absolute Gasteiger partial charge is 0.251 e. The van der Waals surface area contributed by atoms with E-state index in [9.17, 15) is 9.18 Å². The Morgan fingerprint density at radius 2 is 1.85 bits per heavy atom. The van der Waals surface area contributed by atoms with Crippen molar-refractivity contribution in [1.82, 2.24) is 15.3 Å². The van der Waals surface area contributed by atoms with Crippen LogP contribution in [0, 0.1) is 12.7 Å². The summed E-state index contributed by atoms with van der Waals surface area (Å²) in [5.74, 6) is -0.424. The molecule has 0 radical (unpaired) electrons. The summed E-state index contributed by atoms with van der Waals surface area (Å²) >= 11 is 6.02. The van der Waals surface area contributed by atoms with Gasteiger partial charge in [-0.25, -0.2) is 4.39 Å². The second-order valence-electron chi connectivity index (χ2n) is 8.07. The Morgan fingerprint density at radius 1 is 1.06 bits per heavy atom. The Labute approximate surface area is 197 Å². The summed E-state index contributed by atoms with van der Waals surface area (Å²) in [4.78, 5) is 21.8. The van der Waals surface area contributed by atoms with Crippen LogP contribution < -0.4 is 5.32 Å². The third kappa shape index (κ3) is 5.37. The van der Waals surface area contributed by atoms with E-state index in [4.69, 9.17) is 16.6 Å². The molecular formula is C27H25ClFN3O. The van der Waals surface area contributed by atoms with E-state index in [1.807, 2.05) is 6.07 Å². The first-order valence-electron chi connectivity index (χ1n) is 11.0. The number of fused-ring (bicyclic) bond motifs is 1. The second-order valence-corrected chi connectivity index (χ2v) is 8.51. The SMILES string of the molecule is CCCc1cc(CCNC(=O)c2ccc3ncc(Cl)cc3c2)nc(-c2ccc(F)cc2)c1C. The maximum Gasteiger partial charge on any atom is 0.251 e. The van der Waals surface area contributed by atoms with E-state index in [0.717, 1.165) is 46.3 Å². The first-order chi connectivity index (χ1) is 15.9. The van der Waals surface area contributed by atoms with Gasteiger partial charge in [0.15, 0.2) is 0 Å². The maximum absolute atomic E-state index is 13.4. The van der Waals surface area contributed by atoms with Gasteiger partial charge in [0.1, 0.15) is 5.82 Å². The Hall–Kier alpha value is -3.31. The van der Waals surface area contributed by atoms with Gasteiger partial charge in [-0.05, 0) is 79.1 Å². The van der Waals surface area contributed by atoms with Crippen molar-refractivity contribution in [2.75, 3.05) is 6.54 Å². The molecule has 0 atom stereocenters. The van der Waals surface area contributed by atoms with Crippen LogP contribution in [-0.4, -0.2) is 22.4 Å². The van der Waals surface area contributed by atoms with E-state index in [1.54, 1.807) is 36.5 Å². The van der Waals surface area contributed by atoms with E-state index >= 15 is 0 Å². The van der Waals surface area contributed by atoms with Gasteiger partial charge in [0.2, 0.25) is 0 Å². The number of aromatic nitrogens is 2. The van der Waals surface area contributed by atoms with Gasteiger partial charge >= 0.3 is 0 Å². The fourth-order valence-corrected chi connectivity index (χ4v) is 4.09. The van der Waals surface area contributed by atoms with E-state index in [-0.39, 0.29) is 11.7 Å². The van der Waals surface area contributed by atoms with Gasteiger partial charge in [-0.15, -0.1) is 0 Å². The summed E-state index contributed by atoms with van der Waals surface area (Å²) in [6, 6.07) is 15.7. The fraction of sp³-hybridized carbons (Fsp3) is 0.222. The molecule has 6 heteroatoms. The minimum absolute atomic E-state index is 0.156. The lowest BCUT2D eigenvalue weighted by molar-refractivity contribution is 0.0954. The van der Waals surface area contributed by atoms with Crippen LogP contribution in [-0.2, 0) is 12.8 Å². The standard InChI is InChI=1S/C27H25ClFN3O/c1-3-4-19-15-24(32-26(17(19)2)18-5-8-23(29)9-6-18)11-12-30-27(33)20-7-10-25-21(13-20)14-22(28)16-31-25/h5-10,13-16H,3-4,11-12H2,1-2H3,(H,30,33). The number of rotatable bonds is 7. The highest BCUT2D eigenvalue weighted by atomic mass is 35.5. The Kier molecular flexibility index (Phi) is 6.99. The highest BCUT2D eigenvalue weighted by Crippen LogP contribution is 2.26. The van der Waals surface area contributed by atoms with Crippen LogP contribution in [0.2, 0.25) is 5.02 Å². The molecule has 0 aliphatic rings. The quantitative estimate of drug-likeness (QED) is 0.350. The van der Waals surface area contributed by atoms with Crippen LogP contribution in [0.5, 0.6) is 0 Å². The number of carbonyl (C=O) groups is 1. The topological polar surface area (TPSA) is 54.9 Å². The van der Waals surface area contributed by atoms with Crippen molar-refractivity contribution in [3.8, 4) is 11.3 Å². The first-order valence-corrected chi connectivity index (χ1v) is 11.4. The third-order valence-electron chi connectivity index (χ3n) is 5.65. The molecule has 2 aromatic carbocycles. The molecule has 0 spiro atoms. The van der Waals surface area contributed by atoms with Crippen molar-refractivity contribution in [1.29, 1.82) is 0 Å². The van der Waals surface area contributed by atoms with Crippen LogP contribution in [0.25, 0.3) is 22.2 Å². The van der Waals surface area contributed by atoms with Crippen molar-refractivity contribution < 1.29 is 9.18 Å². The molecule has 0 bridgehead atoms. The van der Waals surface area contributed by atoms with Gasteiger partial charge in [-0.2, -0.15) is 0 Å². The van der Waals surface area contributed by atoms with Crippen LogP contribution >= 0.6 is 11.6 Å². The number of nitrogens with zero attached hydrogens (tertiary/aromatic N) is 2. The summed E-state index contributed by atoms with van der Waals surface area (Å²) in [6.07, 6.45) is 4.14. The number of pyridine rings is 2. The molecule has 0 fully saturated rings. The van der Waals surface area contributed by atoms with Crippen molar-refractivity contribution in [2.24, 2.45) is 0 Å². The van der Waals surface area contributed by atoms with E-state index in [0.29, 0.717) is 23.6 Å². The summed E-state index contributed by atoms with van der Waals surface area (Å²) < 4.78 is 13.4. The number of aryl methyl sites for hydroxylation is 1. The van der Waals surface area contributed by atoms with Gasteiger partial charge in [0.05, 0.1) is 16.2 Å². The van der Waals surface area contributed by atoms with Gasteiger partial charge in [-0.3, -0.25) is 14.8 Å². The van der Waals surface area contributed by atoms with Crippen molar-refractivity contribution in [3.05, 3.63) is 94.0 Å². The fourth-order valence-electron chi connectivity index (χ4n) is 3.92. The van der Waals surface area contributed by atoms with Gasteiger partial charge in [0, 0.05) is 41.4 Å². The molecule has 33 heavy (non-hydrogen) atoms. The lowest BCUT2D eigenvalue weighted by atomic mass is 9.97. The van der Waals surface area contributed by atoms with Crippen LogP contribution in [0.15, 0.2) is 60.8 Å². The molecule has 2 aromatic heterocycles. The van der Waals surface area contributed by atoms with Crippen molar-refractivity contribution in [2.45, 2.75) is 33.1 Å². The van der Waals surface area contributed by atoms with E-state index in [1.165, 1.54) is 17.7 Å². The number of halogens is 2. The normalized spacial score (nSPS) is 11.0. The average molecular weight is 462 g/mol. The van der Waals surface area contributed by atoms with Gasteiger partial charge in [-0.1, -0.05) is 24.9 Å². The number of nitrogens with one attached hydrogen (secondary N) is 1. The predicted octanol–water partition coefficient (Wildman–Crippen LogP) is 6.32. The van der Waals surface area contributed by atoms with E-state index in [2.05, 4.69) is 30.2 Å². The largest absolute Gasteiger partial charge is 0.352 e. The maximum atomic E-state index is 13.4. The molecule has 0 saturated heterocycles. The highest BCUT2D eigenvalue weighted by Gasteiger charge is 2.12. The van der Waals surface area contributed by atoms with Crippen molar-refractivity contribution in [3.63, 3.8) is 0 Å². The summed E-state index contributed by atoms with van der Waals surface area (Å²) in [5.41, 5.74) is 6.34. The lowest BCUT2D eigenvalue weighted by Gasteiger charge is -2.14. The third-order valence-corrected chi connectivity index (χ3v) is 5.85. The Morgan fingerprint density at radius 3 is 2.61 bits per heavy atom. The first kappa shape index (κ1) is 22.9. The molecule has 0 aliphatic heterocycles. The van der Waals surface area contributed by atoms with Crippen LogP contribution in [0.3, 0.4) is 0 Å². The molecule has 4 aromatic rings. The van der Waals surface area contributed by atoms with Crippen molar-refractivity contribution >= 4 is 28.4 Å². The number of benzene rings is 2. The second kappa shape index (κ2) is 10.1. The zero-order valence-corrected chi connectivity index (χ0v) is 19.4.